The van der Waals surface area contributed by atoms with E-state index in [-0.39, 0.29) is 5.75 Å². The van der Waals surface area contributed by atoms with Crippen LogP contribution in [0.1, 0.15) is 30.4 Å². The standard InChI is InChI=1S/C13H19ClO2S/c1-11-6-7-12(2)13(10-11)17(15,16)9-5-3-4-8-14/h6-7,10H,3-5,8-9H2,1-2H3. The van der Waals surface area contributed by atoms with E-state index in [1.54, 1.807) is 6.07 Å². The Morgan fingerprint density at radius 3 is 2.47 bits per heavy atom. The molecule has 0 aromatic heterocycles. The molecule has 0 aliphatic rings. The monoisotopic (exact) mass is 274 g/mol. The van der Waals surface area contributed by atoms with E-state index in [1.807, 2.05) is 26.0 Å². The number of hydrogen-bond acceptors (Lipinski definition) is 2. The molecule has 0 N–H and O–H groups in total. The number of aryl methyl sites for hydroxylation is 2. The summed E-state index contributed by atoms with van der Waals surface area (Å²) in [6.45, 7) is 3.75. The van der Waals surface area contributed by atoms with Crippen LogP contribution in [-0.4, -0.2) is 20.1 Å². The van der Waals surface area contributed by atoms with Crippen molar-refractivity contribution in [1.29, 1.82) is 0 Å². The summed E-state index contributed by atoms with van der Waals surface area (Å²) in [5, 5.41) is 0. The van der Waals surface area contributed by atoms with Crippen molar-refractivity contribution in [3.05, 3.63) is 29.3 Å². The first kappa shape index (κ1) is 14.5. The third kappa shape index (κ3) is 4.32. The molecule has 0 amide bonds. The fourth-order valence-corrected chi connectivity index (χ4v) is 3.63. The van der Waals surface area contributed by atoms with Gasteiger partial charge in [-0.15, -0.1) is 11.6 Å². The minimum absolute atomic E-state index is 0.216. The second-order valence-electron chi connectivity index (χ2n) is 4.34. The van der Waals surface area contributed by atoms with E-state index in [0.29, 0.717) is 17.2 Å². The summed E-state index contributed by atoms with van der Waals surface area (Å²) in [6.07, 6.45) is 2.43. The van der Waals surface area contributed by atoms with E-state index in [2.05, 4.69) is 0 Å². The normalized spacial score (nSPS) is 11.7. The van der Waals surface area contributed by atoms with Gasteiger partial charge in [-0.3, -0.25) is 0 Å². The fraction of sp³-hybridized carbons (Fsp3) is 0.538. The molecule has 96 valence electrons. The molecule has 0 spiro atoms. The van der Waals surface area contributed by atoms with Gasteiger partial charge in [0, 0.05) is 5.88 Å². The summed E-state index contributed by atoms with van der Waals surface area (Å²) < 4.78 is 24.3. The van der Waals surface area contributed by atoms with E-state index in [1.165, 1.54) is 0 Å². The second-order valence-corrected chi connectivity index (χ2v) is 6.79. The number of rotatable bonds is 6. The number of alkyl halides is 1. The molecule has 1 aromatic carbocycles. The summed E-state index contributed by atoms with van der Waals surface area (Å²) in [5.74, 6) is 0.817. The zero-order chi connectivity index (χ0) is 12.9. The predicted octanol–water partition coefficient (Wildman–Crippen LogP) is 3.49. The molecule has 0 saturated carbocycles. The largest absolute Gasteiger partial charge is 0.224 e. The molecule has 0 aliphatic carbocycles. The van der Waals surface area contributed by atoms with Gasteiger partial charge in [0.1, 0.15) is 0 Å². The molecule has 0 saturated heterocycles. The molecule has 17 heavy (non-hydrogen) atoms. The molecule has 0 unspecified atom stereocenters. The van der Waals surface area contributed by atoms with E-state index < -0.39 is 9.84 Å². The molecule has 2 nitrogen and oxygen atoms in total. The van der Waals surface area contributed by atoms with Crippen LogP contribution in [0.25, 0.3) is 0 Å². The van der Waals surface area contributed by atoms with Crippen LogP contribution in [0.2, 0.25) is 0 Å². The molecule has 0 radical (unpaired) electrons. The molecular formula is C13H19ClO2S. The zero-order valence-corrected chi connectivity index (χ0v) is 11.9. The van der Waals surface area contributed by atoms with E-state index in [4.69, 9.17) is 11.6 Å². The molecule has 0 fully saturated rings. The van der Waals surface area contributed by atoms with Crippen molar-refractivity contribution in [2.45, 2.75) is 38.0 Å². The molecule has 1 aromatic rings. The SMILES string of the molecule is Cc1ccc(C)c(S(=O)(=O)CCCCCCl)c1. The number of hydrogen-bond donors (Lipinski definition) is 0. The van der Waals surface area contributed by atoms with Gasteiger partial charge in [-0.25, -0.2) is 8.42 Å². The van der Waals surface area contributed by atoms with Gasteiger partial charge in [0.15, 0.2) is 9.84 Å². The lowest BCUT2D eigenvalue weighted by Gasteiger charge is -2.08. The highest BCUT2D eigenvalue weighted by Gasteiger charge is 2.16. The molecule has 0 bridgehead atoms. The lowest BCUT2D eigenvalue weighted by Crippen LogP contribution is -2.09. The van der Waals surface area contributed by atoms with Gasteiger partial charge in [0.2, 0.25) is 0 Å². The summed E-state index contributed by atoms with van der Waals surface area (Å²) in [7, 11) is -3.14. The molecule has 1 rings (SSSR count). The van der Waals surface area contributed by atoms with Crippen LogP contribution in [0.15, 0.2) is 23.1 Å². The Bertz CT molecular complexity index is 466. The van der Waals surface area contributed by atoms with Gasteiger partial charge in [-0.2, -0.15) is 0 Å². The van der Waals surface area contributed by atoms with Crippen molar-refractivity contribution < 1.29 is 8.42 Å². The van der Waals surface area contributed by atoms with Gasteiger partial charge >= 0.3 is 0 Å². The first-order valence-corrected chi connectivity index (χ1v) is 8.02. The molecule has 0 aliphatic heterocycles. The van der Waals surface area contributed by atoms with Gasteiger partial charge in [0.05, 0.1) is 10.6 Å². The van der Waals surface area contributed by atoms with Crippen molar-refractivity contribution in [3.8, 4) is 0 Å². The van der Waals surface area contributed by atoms with Gasteiger partial charge in [0.25, 0.3) is 0 Å². The van der Waals surface area contributed by atoms with E-state index >= 15 is 0 Å². The van der Waals surface area contributed by atoms with Gasteiger partial charge in [-0.1, -0.05) is 18.6 Å². The highest BCUT2D eigenvalue weighted by atomic mass is 35.5. The quantitative estimate of drug-likeness (QED) is 0.588. The summed E-state index contributed by atoms with van der Waals surface area (Å²) >= 11 is 5.57. The minimum Gasteiger partial charge on any atom is -0.224 e. The summed E-state index contributed by atoms with van der Waals surface area (Å²) in [4.78, 5) is 0.475. The molecular weight excluding hydrogens is 256 g/mol. The Kier molecular flexibility index (Phi) is 5.47. The second kappa shape index (κ2) is 6.41. The molecule has 0 atom stereocenters. The Morgan fingerprint density at radius 2 is 1.82 bits per heavy atom. The van der Waals surface area contributed by atoms with Crippen LogP contribution in [0.4, 0.5) is 0 Å². The fourth-order valence-electron chi connectivity index (χ4n) is 1.72. The lowest BCUT2D eigenvalue weighted by atomic mass is 10.2. The average Bonchev–Trinajstić information content (AvgIpc) is 2.28. The first-order chi connectivity index (χ1) is 7.97. The average molecular weight is 275 g/mol. The number of unbranched alkanes of at least 4 members (excludes halogenated alkanes) is 2. The van der Waals surface area contributed by atoms with Crippen LogP contribution in [0, 0.1) is 13.8 Å². The van der Waals surface area contributed by atoms with Crippen molar-refractivity contribution in [1.82, 2.24) is 0 Å². The Morgan fingerprint density at radius 1 is 1.12 bits per heavy atom. The van der Waals surface area contributed by atoms with E-state index in [0.717, 1.165) is 24.0 Å². The smallest absolute Gasteiger partial charge is 0.178 e. The number of sulfone groups is 1. The first-order valence-electron chi connectivity index (χ1n) is 5.83. The van der Waals surface area contributed by atoms with Crippen molar-refractivity contribution in [2.75, 3.05) is 11.6 Å². The van der Waals surface area contributed by atoms with Crippen LogP contribution in [0.3, 0.4) is 0 Å². The Hall–Kier alpha value is -0.540. The maximum absolute atomic E-state index is 12.1. The van der Waals surface area contributed by atoms with E-state index in [9.17, 15) is 8.42 Å². The Labute approximate surface area is 109 Å². The number of halogens is 1. The third-order valence-corrected chi connectivity index (χ3v) is 4.93. The maximum Gasteiger partial charge on any atom is 0.178 e. The molecule has 4 heteroatoms. The molecule has 0 heterocycles. The third-order valence-electron chi connectivity index (χ3n) is 2.73. The Balaban J connectivity index is 2.79. The van der Waals surface area contributed by atoms with Crippen molar-refractivity contribution in [3.63, 3.8) is 0 Å². The lowest BCUT2D eigenvalue weighted by molar-refractivity contribution is 0.590. The highest BCUT2D eigenvalue weighted by molar-refractivity contribution is 7.91. The van der Waals surface area contributed by atoms with Crippen LogP contribution in [-0.2, 0) is 9.84 Å². The van der Waals surface area contributed by atoms with Crippen LogP contribution >= 0.6 is 11.6 Å². The zero-order valence-electron chi connectivity index (χ0n) is 10.4. The highest BCUT2D eigenvalue weighted by Crippen LogP contribution is 2.19. The van der Waals surface area contributed by atoms with Crippen molar-refractivity contribution in [2.24, 2.45) is 0 Å². The summed E-state index contributed by atoms with van der Waals surface area (Å²) in [6, 6.07) is 5.55. The van der Waals surface area contributed by atoms with Crippen molar-refractivity contribution >= 4 is 21.4 Å². The maximum atomic E-state index is 12.1. The van der Waals surface area contributed by atoms with Gasteiger partial charge in [-0.05, 0) is 43.9 Å². The number of benzene rings is 1. The topological polar surface area (TPSA) is 34.1 Å². The predicted molar refractivity (Wildman–Crippen MR) is 72.5 cm³/mol. The summed E-state index contributed by atoms with van der Waals surface area (Å²) in [5.41, 5.74) is 1.81. The van der Waals surface area contributed by atoms with Gasteiger partial charge < -0.3 is 0 Å². The van der Waals surface area contributed by atoms with Crippen LogP contribution < -0.4 is 0 Å². The minimum atomic E-state index is -3.14. The van der Waals surface area contributed by atoms with Crippen LogP contribution in [0.5, 0.6) is 0 Å².